The number of thiazole rings is 1. The minimum Gasteiger partial charge on any atom is -0.359 e. The minimum atomic E-state index is -4.28. The third-order valence-corrected chi connectivity index (χ3v) is 2.74. The van der Waals surface area contributed by atoms with Gasteiger partial charge >= 0.3 is 6.18 Å². The Labute approximate surface area is 84.2 Å². The molecule has 0 aromatic carbocycles. The Kier molecular flexibility index (Phi) is 3.36. The average molecular weight is 224 g/mol. The number of anilines is 1. The van der Waals surface area contributed by atoms with Crippen molar-refractivity contribution < 1.29 is 13.2 Å². The maximum atomic E-state index is 12.2. The van der Waals surface area contributed by atoms with E-state index in [0.717, 1.165) is 12.6 Å². The van der Waals surface area contributed by atoms with Crippen LogP contribution in [0, 0.1) is 0 Å². The largest absolute Gasteiger partial charge is 0.427 e. The van der Waals surface area contributed by atoms with Crippen molar-refractivity contribution in [3.63, 3.8) is 0 Å². The zero-order chi connectivity index (χ0) is 10.8. The molecule has 0 saturated heterocycles. The molecule has 0 aliphatic carbocycles. The van der Waals surface area contributed by atoms with E-state index in [1.807, 2.05) is 13.8 Å². The highest BCUT2D eigenvalue weighted by Gasteiger charge is 2.33. The predicted octanol–water partition coefficient (Wildman–Crippen LogP) is 3.37. The third kappa shape index (κ3) is 2.87. The minimum absolute atomic E-state index is 0.141. The number of nitrogens with zero attached hydrogens (tertiary/aromatic N) is 1. The maximum absolute atomic E-state index is 12.2. The normalized spacial score (nSPS) is 14.1. The number of hydrogen-bond acceptors (Lipinski definition) is 3. The highest BCUT2D eigenvalue weighted by atomic mass is 32.1. The van der Waals surface area contributed by atoms with Crippen LogP contribution in [0.25, 0.3) is 0 Å². The van der Waals surface area contributed by atoms with E-state index in [1.54, 1.807) is 0 Å². The molecule has 0 amide bonds. The van der Waals surface area contributed by atoms with Crippen molar-refractivity contribution in [1.29, 1.82) is 0 Å². The van der Waals surface area contributed by atoms with E-state index >= 15 is 0 Å². The Morgan fingerprint density at radius 3 is 2.64 bits per heavy atom. The molecule has 1 rings (SSSR count). The zero-order valence-corrected chi connectivity index (χ0v) is 8.67. The van der Waals surface area contributed by atoms with Gasteiger partial charge < -0.3 is 5.32 Å². The second-order valence-electron chi connectivity index (χ2n) is 2.98. The first-order valence-corrected chi connectivity index (χ1v) is 5.04. The topological polar surface area (TPSA) is 24.9 Å². The van der Waals surface area contributed by atoms with Gasteiger partial charge in [-0.2, -0.15) is 13.2 Å². The van der Waals surface area contributed by atoms with Gasteiger partial charge in [-0.1, -0.05) is 18.3 Å². The molecule has 1 aromatic rings. The van der Waals surface area contributed by atoms with Gasteiger partial charge in [-0.15, -0.1) is 0 Å². The SMILES string of the molecule is CCC(C)Nc1ncc(C(F)(F)F)s1. The predicted molar refractivity (Wildman–Crippen MR) is 50.5 cm³/mol. The Bertz CT molecular complexity index is 295. The van der Waals surface area contributed by atoms with Crippen molar-refractivity contribution in [2.45, 2.75) is 32.5 Å². The van der Waals surface area contributed by atoms with Crippen LogP contribution in [0.3, 0.4) is 0 Å². The number of rotatable bonds is 3. The summed E-state index contributed by atoms with van der Waals surface area (Å²) in [6.45, 7) is 3.85. The maximum Gasteiger partial charge on any atom is 0.427 e. The van der Waals surface area contributed by atoms with Crippen LogP contribution < -0.4 is 5.32 Å². The summed E-state index contributed by atoms with van der Waals surface area (Å²) in [5.41, 5.74) is 0. The number of nitrogens with one attached hydrogen (secondary N) is 1. The summed E-state index contributed by atoms with van der Waals surface area (Å²) >= 11 is 0.636. The molecule has 0 spiro atoms. The van der Waals surface area contributed by atoms with E-state index < -0.39 is 11.1 Å². The Hall–Kier alpha value is -0.780. The fourth-order valence-corrected chi connectivity index (χ4v) is 1.58. The van der Waals surface area contributed by atoms with E-state index in [2.05, 4.69) is 10.3 Å². The Morgan fingerprint density at radius 2 is 2.21 bits per heavy atom. The van der Waals surface area contributed by atoms with Gasteiger partial charge in [0.05, 0.1) is 6.20 Å². The van der Waals surface area contributed by atoms with Crippen LogP contribution >= 0.6 is 11.3 Å². The molecular formula is C8H11F3N2S. The lowest BCUT2D eigenvalue weighted by Crippen LogP contribution is -2.12. The molecule has 0 aliphatic heterocycles. The first-order chi connectivity index (χ1) is 6.43. The third-order valence-electron chi connectivity index (χ3n) is 1.77. The first-order valence-electron chi connectivity index (χ1n) is 4.23. The summed E-state index contributed by atoms with van der Waals surface area (Å²) < 4.78 is 36.5. The average Bonchev–Trinajstić information content (AvgIpc) is 2.51. The summed E-state index contributed by atoms with van der Waals surface area (Å²) in [6, 6.07) is 0.141. The highest BCUT2D eigenvalue weighted by molar-refractivity contribution is 7.15. The van der Waals surface area contributed by atoms with Crippen molar-refractivity contribution in [2.75, 3.05) is 5.32 Å². The van der Waals surface area contributed by atoms with Crippen LogP contribution in [0.4, 0.5) is 18.3 Å². The molecule has 0 radical (unpaired) electrons. The summed E-state index contributed by atoms with van der Waals surface area (Å²) in [5, 5.41) is 3.22. The van der Waals surface area contributed by atoms with Gasteiger partial charge in [-0.3, -0.25) is 0 Å². The first kappa shape index (κ1) is 11.3. The van der Waals surface area contributed by atoms with E-state index in [9.17, 15) is 13.2 Å². The van der Waals surface area contributed by atoms with Gasteiger partial charge in [0, 0.05) is 6.04 Å². The number of alkyl halides is 3. The van der Waals surface area contributed by atoms with Crippen LogP contribution in [-0.4, -0.2) is 11.0 Å². The molecule has 0 saturated carbocycles. The lowest BCUT2D eigenvalue weighted by molar-refractivity contribution is -0.134. The quantitative estimate of drug-likeness (QED) is 0.851. The molecule has 0 fully saturated rings. The fraction of sp³-hybridized carbons (Fsp3) is 0.625. The van der Waals surface area contributed by atoms with Gasteiger partial charge in [0.15, 0.2) is 5.13 Å². The lowest BCUT2D eigenvalue weighted by Gasteiger charge is -2.08. The van der Waals surface area contributed by atoms with Crippen molar-refractivity contribution in [3.05, 3.63) is 11.1 Å². The van der Waals surface area contributed by atoms with Crippen LogP contribution in [0.5, 0.6) is 0 Å². The van der Waals surface area contributed by atoms with Gasteiger partial charge in [0.25, 0.3) is 0 Å². The smallest absolute Gasteiger partial charge is 0.359 e. The van der Waals surface area contributed by atoms with Crippen molar-refractivity contribution in [3.8, 4) is 0 Å². The van der Waals surface area contributed by atoms with E-state index in [0.29, 0.717) is 16.5 Å². The van der Waals surface area contributed by atoms with E-state index in [1.165, 1.54) is 0 Å². The molecule has 0 bridgehead atoms. The molecule has 2 nitrogen and oxygen atoms in total. The van der Waals surface area contributed by atoms with Gasteiger partial charge in [0.2, 0.25) is 0 Å². The molecule has 1 N–H and O–H groups in total. The lowest BCUT2D eigenvalue weighted by atomic mass is 10.3. The van der Waals surface area contributed by atoms with Crippen molar-refractivity contribution in [2.24, 2.45) is 0 Å². The Morgan fingerprint density at radius 1 is 1.57 bits per heavy atom. The fourth-order valence-electron chi connectivity index (χ4n) is 0.785. The monoisotopic (exact) mass is 224 g/mol. The van der Waals surface area contributed by atoms with Crippen LogP contribution in [0.15, 0.2) is 6.20 Å². The molecule has 6 heteroatoms. The molecule has 14 heavy (non-hydrogen) atoms. The van der Waals surface area contributed by atoms with E-state index in [4.69, 9.17) is 0 Å². The van der Waals surface area contributed by atoms with E-state index in [-0.39, 0.29) is 6.04 Å². The number of hydrogen-bond donors (Lipinski definition) is 1. The van der Waals surface area contributed by atoms with Crippen molar-refractivity contribution in [1.82, 2.24) is 4.98 Å². The van der Waals surface area contributed by atoms with Crippen LogP contribution in [0.2, 0.25) is 0 Å². The molecular weight excluding hydrogens is 213 g/mol. The molecule has 1 heterocycles. The molecule has 1 aromatic heterocycles. The molecule has 1 unspecified atom stereocenters. The molecule has 80 valence electrons. The van der Waals surface area contributed by atoms with Gasteiger partial charge in [0.1, 0.15) is 4.88 Å². The van der Waals surface area contributed by atoms with Crippen LogP contribution in [0.1, 0.15) is 25.1 Å². The van der Waals surface area contributed by atoms with Gasteiger partial charge in [-0.05, 0) is 13.3 Å². The summed E-state index contributed by atoms with van der Waals surface area (Å²) in [6.07, 6.45) is -2.58. The zero-order valence-electron chi connectivity index (χ0n) is 7.85. The number of halogens is 3. The second kappa shape index (κ2) is 4.16. The molecule has 0 aliphatic rings. The number of aromatic nitrogens is 1. The molecule has 1 atom stereocenters. The second-order valence-corrected chi connectivity index (χ2v) is 4.01. The van der Waals surface area contributed by atoms with Crippen molar-refractivity contribution >= 4 is 16.5 Å². The summed E-state index contributed by atoms with van der Waals surface area (Å²) in [5.74, 6) is 0. The van der Waals surface area contributed by atoms with Gasteiger partial charge in [-0.25, -0.2) is 4.98 Å². The highest BCUT2D eigenvalue weighted by Crippen LogP contribution is 2.35. The summed E-state index contributed by atoms with van der Waals surface area (Å²) in [7, 11) is 0. The Balaban J connectivity index is 2.69. The standard InChI is InChI=1S/C8H11F3N2S/c1-3-5(2)13-7-12-4-6(14-7)8(9,10)11/h4-5H,3H2,1-2H3,(H,12,13). The summed E-state index contributed by atoms with van der Waals surface area (Å²) in [4.78, 5) is 2.99. The van der Waals surface area contributed by atoms with Crippen LogP contribution in [-0.2, 0) is 6.18 Å².